The summed E-state index contributed by atoms with van der Waals surface area (Å²) in [6.45, 7) is 3.71. The van der Waals surface area contributed by atoms with E-state index in [1.807, 2.05) is 0 Å². The van der Waals surface area contributed by atoms with Crippen LogP contribution in [0.2, 0.25) is 0 Å². The van der Waals surface area contributed by atoms with Crippen LogP contribution in [0.3, 0.4) is 0 Å². The van der Waals surface area contributed by atoms with Gasteiger partial charge in [0.2, 0.25) is 0 Å². The number of unbranched alkanes of at least 4 members (excludes halogenated alkanes) is 14. The zero-order chi connectivity index (χ0) is 37.0. The van der Waals surface area contributed by atoms with Crippen LogP contribution >= 0.6 is 7.82 Å². The number of phosphoric acid groups is 1. The number of ether oxygens (including phenoxy) is 2. The third-order valence-electron chi connectivity index (χ3n) is 7.81. The van der Waals surface area contributed by atoms with E-state index < -0.39 is 45.1 Å². The Morgan fingerprint density at radius 3 is 1.70 bits per heavy atom. The Kier molecular flexibility index (Phi) is 33.9. The highest BCUT2D eigenvalue weighted by Gasteiger charge is 2.27. The van der Waals surface area contributed by atoms with Gasteiger partial charge in [-0.3, -0.25) is 18.6 Å². The van der Waals surface area contributed by atoms with Gasteiger partial charge >= 0.3 is 19.8 Å². The van der Waals surface area contributed by atoms with Crippen molar-refractivity contribution in [1.29, 1.82) is 0 Å². The number of rotatable bonds is 36. The fourth-order valence-corrected chi connectivity index (χ4v) is 5.55. The number of hydrogen-bond acceptors (Lipinski definition) is 8. The number of aliphatic carboxylic acids is 1. The van der Waals surface area contributed by atoms with E-state index in [0.717, 1.165) is 83.5 Å². The van der Waals surface area contributed by atoms with Crippen molar-refractivity contribution in [2.45, 2.75) is 161 Å². The lowest BCUT2D eigenvalue weighted by Crippen LogP contribution is -2.34. The molecule has 0 saturated carbocycles. The van der Waals surface area contributed by atoms with Crippen LogP contribution < -0.4 is 5.73 Å². The molecule has 50 heavy (non-hydrogen) atoms. The first-order chi connectivity index (χ1) is 24.2. The third kappa shape index (κ3) is 34.4. The second-order valence-corrected chi connectivity index (χ2v) is 14.1. The molecule has 3 atom stereocenters. The number of nitrogens with two attached hydrogens (primary N) is 1. The van der Waals surface area contributed by atoms with E-state index in [4.69, 9.17) is 24.8 Å². The highest BCUT2D eigenvalue weighted by Crippen LogP contribution is 2.43. The molecule has 0 heterocycles. The lowest BCUT2D eigenvalue weighted by atomic mass is 10.1. The van der Waals surface area contributed by atoms with Crippen LogP contribution in [0.5, 0.6) is 0 Å². The average molecular weight is 728 g/mol. The van der Waals surface area contributed by atoms with Crippen molar-refractivity contribution in [2.24, 2.45) is 5.73 Å². The van der Waals surface area contributed by atoms with Crippen molar-refractivity contribution in [3.05, 3.63) is 48.6 Å². The molecule has 0 aromatic carbocycles. The SMILES string of the molecule is CCC/C=C\C/C=C\CCCCCCCCOCC(COP(=O)(O)OCC(N)C(=O)O)OC(=O)CCCCCCC/C=C\C/C=C\CCCC. The molecule has 0 saturated heterocycles. The normalized spacial score (nSPS) is 14.6. The highest BCUT2D eigenvalue weighted by molar-refractivity contribution is 7.47. The largest absolute Gasteiger partial charge is 0.480 e. The molecule has 0 bridgehead atoms. The van der Waals surface area contributed by atoms with Crippen molar-refractivity contribution in [1.82, 2.24) is 0 Å². The molecule has 0 aliphatic heterocycles. The van der Waals surface area contributed by atoms with Crippen LogP contribution in [-0.4, -0.2) is 60.5 Å². The highest BCUT2D eigenvalue weighted by atomic mass is 31.2. The molecule has 11 heteroatoms. The van der Waals surface area contributed by atoms with Crippen molar-refractivity contribution in [3.63, 3.8) is 0 Å². The second kappa shape index (κ2) is 35.3. The van der Waals surface area contributed by atoms with Gasteiger partial charge in [-0.05, 0) is 64.2 Å². The van der Waals surface area contributed by atoms with Gasteiger partial charge in [-0.2, -0.15) is 0 Å². The molecule has 0 aliphatic carbocycles. The van der Waals surface area contributed by atoms with Gasteiger partial charge in [0.1, 0.15) is 12.1 Å². The van der Waals surface area contributed by atoms with Gasteiger partial charge in [-0.25, -0.2) is 4.57 Å². The van der Waals surface area contributed by atoms with Crippen molar-refractivity contribution < 1.29 is 42.7 Å². The maximum absolute atomic E-state index is 12.6. The van der Waals surface area contributed by atoms with Crippen molar-refractivity contribution in [2.75, 3.05) is 26.4 Å². The number of esters is 1. The van der Waals surface area contributed by atoms with Crippen LogP contribution in [-0.2, 0) is 32.7 Å². The summed E-state index contributed by atoms with van der Waals surface area (Å²) >= 11 is 0. The minimum Gasteiger partial charge on any atom is -0.480 e. The van der Waals surface area contributed by atoms with Gasteiger partial charge in [0.05, 0.1) is 19.8 Å². The molecule has 0 spiro atoms. The minimum atomic E-state index is -4.62. The van der Waals surface area contributed by atoms with Gasteiger partial charge in [0, 0.05) is 13.0 Å². The predicted molar refractivity (Wildman–Crippen MR) is 203 cm³/mol. The molecule has 0 aromatic heterocycles. The van der Waals surface area contributed by atoms with Gasteiger partial charge in [-0.15, -0.1) is 0 Å². The molecule has 0 fully saturated rings. The molecule has 290 valence electrons. The van der Waals surface area contributed by atoms with Crippen LogP contribution in [0.4, 0.5) is 0 Å². The monoisotopic (exact) mass is 727 g/mol. The lowest BCUT2D eigenvalue weighted by Gasteiger charge is -2.20. The molecular formula is C39H70NO9P. The van der Waals surface area contributed by atoms with Gasteiger partial charge in [-0.1, -0.05) is 127 Å². The quantitative estimate of drug-likeness (QED) is 0.0246. The maximum Gasteiger partial charge on any atom is 0.472 e. The summed E-state index contributed by atoms with van der Waals surface area (Å²) in [6, 6.07) is -1.48. The summed E-state index contributed by atoms with van der Waals surface area (Å²) in [6.07, 6.45) is 38.7. The fourth-order valence-electron chi connectivity index (χ4n) is 4.77. The second-order valence-electron chi connectivity index (χ2n) is 12.7. The Hall–Kier alpha value is -2.07. The summed E-state index contributed by atoms with van der Waals surface area (Å²) in [5, 5.41) is 8.86. The van der Waals surface area contributed by atoms with E-state index in [0.29, 0.717) is 13.0 Å². The minimum absolute atomic E-state index is 0.00238. The van der Waals surface area contributed by atoms with E-state index in [-0.39, 0.29) is 13.0 Å². The summed E-state index contributed by atoms with van der Waals surface area (Å²) in [5.74, 6) is -1.80. The van der Waals surface area contributed by atoms with Gasteiger partial charge < -0.3 is 25.2 Å². The predicted octanol–water partition coefficient (Wildman–Crippen LogP) is 9.92. The molecule has 0 rings (SSSR count). The Morgan fingerprint density at radius 1 is 0.640 bits per heavy atom. The van der Waals surface area contributed by atoms with Crippen LogP contribution in [0.1, 0.15) is 149 Å². The first-order valence-corrected chi connectivity index (χ1v) is 20.7. The third-order valence-corrected chi connectivity index (χ3v) is 8.76. The molecule has 10 nitrogen and oxygen atoms in total. The number of carboxylic acids is 1. The summed E-state index contributed by atoms with van der Waals surface area (Å²) < 4.78 is 33.2. The van der Waals surface area contributed by atoms with E-state index in [1.165, 1.54) is 38.5 Å². The standard InChI is InChI=1S/C39H70NO9P/c1-3-5-7-9-11-13-15-17-19-21-23-25-27-29-31-38(41)49-36(34-47-50(44,45)48-35-37(40)39(42)43)33-46-32-30-28-26-24-22-20-18-16-14-12-10-8-6-4-2/h8-11,14-17,36-37H,3-7,12-13,18-35,40H2,1-2H3,(H,42,43)(H,44,45)/b10-8-,11-9-,16-14-,17-15-. The molecule has 0 radical (unpaired) electrons. The Morgan fingerprint density at radius 2 is 1.14 bits per heavy atom. The van der Waals surface area contributed by atoms with E-state index in [1.54, 1.807) is 0 Å². The molecular weight excluding hydrogens is 657 g/mol. The van der Waals surface area contributed by atoms with E-state index in [9.17, 15) is 19.0 Å². The van der Waals surface area contributed by atoms with E-state index >= 15 is 0 Å². The number of carbonyl (C=O) groups excluding carboxylic acids is 1. The summed E-state index contributed by atoms with van der Waals surface area (Å²) in [5.41, 5.74) is 5.33. The average Bonchev–Trinajstić information content (AvgIpc) is 3.09. The lowest BCUT2D eigenvalue weighted by molar-refractivity contribution is -0.154. The van der Waals surface area contributed by atoms with Gasteiger partial charge in [0.25, 0.3) is 0 Å². The molecule has 0 aliphatic rings. The topological polar surface area (TPSA) is 155 Å². The number of phosphoric ester groups is 1. The summed E-state index contributed by atoms with van der Waals surface area (Å²) in [4.78, 5) is 33.4. The van der Waals surface area contributed by atoms with Gasteiger partial charge in [0.15, 0.2) is 0 Å². The van der Waals surface area contributed by atoms with Crippen molar-refractivity contribution in [3.8, 4) is 0 Å². The first-order valence-electron chi connectivity index (χ1n) is 19.2. The van der Waals surface area contributed by atoms with E-state index in [2.05, 4.69) is 67.0 Å². The van der Waals surface area contributed by atoms with Crippen molar-refractivity contribution >= 4 is 19.8 Å². The number of carboxylic acid groups (broad SMARTS) is 1. The first kappa shape index (κ1) is 47.9. The smallest absolute Gasteiger partial charge is 0.472 e. The molecule has 0 aromatic rings. The van der Waals surface area contributed by atoms with Crippen LogP contribution in [0, 0.1) is 0 Å². The molecule has 3 unspecified atom stereocenters. The van der Waals surface area contributed by atoms with Crippen LogP contribution in [0.25, 0.3) is 0 Å². The number of hydrogen-bond donors (Lipinski definition) is 3. The number of allylic oxidation sites excluding steroid dienone is 8. The van der Waals surface area contributed by atoms with Crippen LogP contribution in [0.15, 0.2) is 48.6 Å². The Labute approximate surface area is 303 Å². The number of carbonyl (C=O) groups is 2. The summed E-state index contributed by atoms with van der Waals surface area (Å²) in [7, 11) is -4.62. The Balaban J connectivity index is 4.36. The zero-order valence-electron chi connectivity index (χ0n) is 31.2. The fraction of sp³-hybridized carbons (Fsp3) is 0.744. The zero-order valence-corrected chi connectivity index (χ0v) is 32.1. The maximum atomic E-state index is 12.6. The molecule has 0 amide bonds. The Bertz CT molecular complexity index is 983. The molecule has 4 N–H and O–H groups in total.